The van der Waals surface area contributed by atoms with Crippen molar-refractivity contribution >= 4 is 34.3 Å². The average Bonchev–Trinajstić information content (AvgIpc) is 3.00. The zero-order valence-corrected chi connectivity index (χ0v) is 13.7. The SMILES string of the molecule is N#CCCSc1ccccc1NC(=O)Cc1noc2ccccc12. The zero-order chi connectivity index (χ0) is 16.8. The normalized spacial score (nSPS) is 10.5. The summed E-state index contributed by atoms with van der Waals surface area (Å²) in [5.74, 6) is 0.541. The molecule has 5 nitrogen and oxygen atoms in total. The van der Waals surface area contributed by atoms with Gasteiger partial charge < -0.3 is 9.84 Å². The lowest BCUT2D eigenvalue weighted by molar-refractivity contribution is -0.115. The number of hydrogen-bond acceptors (Lipinski definition) is 5. The molecule has 1 amide bonds. The van der Waals surface area contributed by atoms with E-state index in [0.29, 0.717) is 23.5 Å². The summed E-state index contributed by atoms with van der Waals surface area (Å²) in [6, 6.07) is 17.2. The number of rotatable bonds is 6. The van der Waals surface area contributed by atoms with Gasteiger partial charge in [-0.1, -0.05) is 29.4 Å². The van der Waals surface area contributed by atoms with Gasteiger partial charge in [0, 0.05) is 22.5 Å². The van der Waals surface area contributed by atoms with Crippen LogP contribution in [0, 0.1) is 11.3 Å². The van der Waals surface area contributed by atoms with E-state index in [2.05, 4.69) is 16.5 Å². The molecule has 6 heteroatoms. The van der Waals surface area contributed by atoms with Gasteiger partial charge in [0.1, 0.15) is 5.69 Å². The molecule has 0 unspecified atom stereocenters. The predicted octanol–water partition coefficient (Wildman–Crippen LogP) is 4.01. The summed E-state index contributed by atoms with van der Waals surface area (Å²) in [6.07, 6.45) is 0.617. The minimum absolute atomic E-state index is 0.147. The Morgan fingerprint density at radius 2 is 2.00 bits per heavy atom. The van der Waals surface area contributed by atoms with E-state index in [9.17, 15) is 4.79 Å². The molecule has 0 atom stereocenters. The molecule has 24 heavy (non-hydrogen) atoms. The second-order valence-corrected chi connectivity index (χ2v) is 6.24. The highest BCUT2D eigenvalue weighted by Crippen LogP contribution is 2.27. The molecule has 1 N–H and O–H groups in total. The Balaban J connectivity index is 1.70. The Morgan fingerprint density at radius 1 is 1.21 bits per heavy atom. The highest BCUT2D eigenvalue weighted by atomic mass is 32.2. The maximum absolute atomic E-state index is 12.4. The van der Waals surface area contributed by atoms with Crippen molar-refractivity contribution in [3.05, 3.63) is 54.2 Å². The Labute approximate surface area is 143 Å². The largest absolute Gasteiger partial charge is 0.356 e. The average molecular weight is 337 g/mol. The number of amides is 1. The van der Waals surface area contributed by atoms with Crippen molar-refractivity contribution in [2.24, 2.45) is 0 Å². The van der Waals surface area contributed by atoms with Crippen LogP contribution in [0.4, 0.5) is 5.69 Å². The Bertz CT molecular complexity index is 898. The molecule has 0 fully saturated rings. The van der Waals surface area contributed by atoms with Crippen LogP contribution in [0.1, 0.15) is 12.1 Å². The van der Waals surface area contributed by atoms with E-state index < -0.39 is 0 Å². The van der Waals surface area contributed by atoms with Gasteiger partial charge >= 0.3 is 0 Å². The van der Waals surface area contributed by atoms with Gasteiger partial charge in [0.25, 0.3) is 0 Å². The van der Waals surface area contributed by atoms with Crippen LogP contribution in [0.2, 0.25) is 0 Å². The van der Waals surface area contributed by atoms with Gasteiger partial charge in [-0.3, -0.25) is 4.79 Å². The predicted molar refractivity (Wildman–Crippen MR) is 93.7 cm³/mol. The number of nitrogens with zero attached hydrogens (tertiary/aromatic N) is 2. The number of benzene rings is 2. The third-order valence-corrected chi connectivity index (χ3v) is 4.49. The Hall–Kier alpha value is -2.78. The van der Waals surface area contributed by atoms with Crippen LogP contribution in [0.5, 0.6) is 0 Å². The van der Waals surface area contributed by atoms with Gasteiger partial charge in [0.15, 0.2) is 5.58 Å². The number of nitrogens with one attached hydrogen (secondary N) is 1. The van der Waals surface area contributed by atoms with Crippen LogP contribution in [0.25, 0.3) is 11.0 Å². The number of nitriles is 1. The fraction of sp³-hybridized carbons (Fsp3) is 0.167. The maximum Gasteiger partial charge on any atom is 0.230 e. The van der Waals surface area contributed by atoms with E-state index >= 15 is 0 Å². The molecular formula is C18H15N3O2S. The van der Waals surface area contributed by atoms with Gasteiger partial charge in [-0.05, 0) is 24.3 Å². The van der Waals surface area contributed by atoms with Crippen LogP contribution >= 0.6 is 11.8 Å². The molecule has 2 aromatic carbocycles. The molecule has 0 aliphatic heterocycles. The van der Waals surface area contributed by atoms with Crippen molar-refractivity contribution in [2.45, 2.75) is 17.7 Å². The van der Waals surface area contributed by atoms with E-state index in [1.807, 2.05) is 48.5 Å². The van der Waals surface area contributed by atoms with Crippen LogP contribution in [0.15, 0.2) is 57.9 Å². The number of para-hydroxylation sites is 2. The molecule has 0 radical (unpaired) electrons. The van der Waals surface area contributed by atoms with E-state index in [0.717, 1.165) is 16.0 Å². The monoisotopic (exact) mass is 337 g/mol. The smallest absolute Gasteiger partial charge is 0.230 e. The highest BCUT2D eigenvalue weighted by Gasteiger charge is 2.13. The van der Waals surface area contributed by atoms with Crippen molar-refractivity contribution in [2.75, 3.05) is 11.1 Å². The fourth-order valence-corrected chi connectivity index (χ4v) is 3.18. The summed E-state index contributed by atoms with van der Waals surface area (Å²) in [7, 11) is 0. The first-order valence-corrected chi connectivity index (χ1v) is 8.48. The molecule has 0 saturated heterocycles. The molecule has 0 aliphatic carbocycles. The van der Waals surface area contributed by atoms with Crippen molar-refractivity contribution < 1.29 is 9.32 Å². The number of hydrogen-bond donors (Lipinski definition) is 1. The summed E-state index contributed by atoms with van der Waals surface area (Å²) in [5, 5.41) is 16.4. The number of aromatic nitrogens is 1. The van der Waals surface area contributed by atoms with E-state index in [1.165, 1.54) is 0 Å². The van der Waals surface area contributed by atoms with Crippen LogP contribution in [-0.2, 0) is 11.2 Å². The quantitative estimate of drug-likeness (QED) is 0.543. The van der Waals surface area contributed by atoms with Crippen molar-refractivity contribution in [3.63, 3.8) is 0 Å². The molecule has 0 spiro atoms. The molecule has 3 rings (SSSR count). The van der Waals surface area contributed by atoms with Gasteiger partial charge in [-0.2, -0.15) is 5.26 Å². The van der Waals surface area contributed by atoms with Crippen molar-refractivity contribution in [1.82, 2.24) is 5.16 Å². The number of fused-ring (bicyclic) bond motifs is 1. The van der Waals surface area contributed by atoms with Crippen LogP contribution in [-0.4, -0.2) is 16.8 Å². The number of carbonyl (C=O) groups is 1. The summed E-state index contributed by atoms with van der Waals surface area (Å²) in [4.78, 5) is 13.3. The van der Waals surface area contributed by atoms with Crippen molar-refractivity contribution in [1.29, 1.82) is 5.26 Å². The van der Waals surface area contributed by atoms with Gasteiger partial charge in [-0.25, -0.2) is 0 Å². The summed E-state index contributed by atoms with van der Waals surface area (Å²) in [6.45, 7) is 0. The first-order chi connectivity index (χ1) is 11.8. The summed E-state index contributed by atoms with van der Waals surface area (Å²) >= 11 is 1.55. The maximum atomic E-state index is 12.4. The molecule has 1 heterocycles. The first kappa shape index (κ1) is 16.1. The second kappa shape index (κ2) is 7.66. The first-order valence-electron chi connectivity index (χ1n) is 7.50. The molecule has 0 aliphatic rings. The molecule has 3 aromatic rings. The lowest BCUT2D eigenvalue weighted by atomic mass is 10.1. The van der Waals surface area contributed by atoms with Crippen molar-refractivity contribution in [3.8, 4) is 6.07 Å². The zero-order valence-electron chi connectivity index (χ0n) is 12.9. The molecule has 1 aromatic heterocycles. The minimum atomic E-state index is -0.151. The topological polar surface area (TPSA) is 78.9 Å². The van der Waals surface area contributed by atoms with E-state index in [1.54, 1.807) is 11.8 Å². The lowest BCUT2D eigenvalue weighted by Crippen LogP contribution is -2.15. The molecule has 0 bridgehead atoms. The van der Waals surface area contributed by atoms with Gasteiger partial charge in [-0.15, -0.1) is 11.8 Å². The van der Waals surface area contributed by atoms with E-state index in [4.69, 9.17) is 9.78 Å². The van der Waals surface area contributed by atoms with Crippen LogP contribution in [0.3, 0.4) is 0 Å². The van der Waals surface area contributed by atoms with E-state index in [-0.39, 0.29) is 12.3 Å². The number of anilines is 1. The highest BCUT2D eigenvalue weighted by molar-refractivity contribution is 7.99. The molecule has 0 saturated carbocycles. The fourth-order valence-electron chi connectivity index (χ4n) is 2.31. The van der Waals surface area contributed by atoms with Gasteiger partial charge in [0.2, 0.25) is 5.91 Å². The minimum Gasteiger partial charge on any atom is -0.356 e. The lowest BCUT2D eigenvalue weighted by Gasteiger charge is -2.09. The standard InChI is InChI=1S/C18H15N3O2S/c19-10-5-11-24-17-9-4-2-7-14(17)20-18(22)12-15-13-6-1-3-8-16(13)23-21-15/h1-4,6-9H,5,11-12H2,(H,20,22). The molecular weight excluding hydrogens is 322 g/mol. The van der Waals surface area contributed by atoms with Gasteiger partial charge in [0.05, 0.1) is 18.2 Å². The third kappa shape index (κ3) is 3.76. The Morgan fingerprint density at radius 3 is 2.88 bits per heavy atom. The summed E-state index contributed by atoms with van der Waals surface area (Å²) < 4.78 is 5.22. The third-order valence-electron chi connectivity index (χ3n) is 3.41. The second-order valence-electron chi connectivity index (χ2n) is 5.10. The van der Waals surface area contributed by atoms with Crippen LogP contribution < -0.4 is 5.32 Å². The Kier molecular flexibility index (Phi) is 5.14. The number of carbonyl (C=O) groups excluding carboxylic acids is 1. The summed E-state index contributed by atoms with van der Waals surface area (Å²) in [5.41, 5.74) is 2.05. The number of thioether (sulfide) groups is 1. The molecule has 120 valence electrons.